The molecule has 0 aliphatic heterocycles. The van der Waals surface area contributed by atoms with Crippen LogP contribution < -0.4 is 11.1 Å². The van der Waals surface area contributed by atoms with E-state index in [1.165, 1.54) is 0 Å². The summed E-state index contributed by atoms with van der Waals surface area (Å²) in [6.45, 7) is 0. The van der Waals surface area contributed by atoms with Crippen LogP contribution in [0.2, 0.25) is 5.02 Å². The van der Waals surface area contributed by atoms with Crippen LogP contribution in [0.25, 0.3) is 0 Å². The molecule has 0 radical (unpaired) electrons. The molecule has 0 spiro atoms. The molecule has 98 valence electrons. The average molecular weight is 340 g/mol. The summed E-state index contributed by atoms with van der Waals surface area (Å²) in [5.74, 6) is -0.151. The number of carbonyl (C=O) groups is 1. The Morgan fingerprint density at radius 1 is 1.26 bits per heavy atom. The molecule has 0 saturated heterocycles. The zero-order valence-electron chi connectivity index (χ0n) is 9.99. The molecule has 3 nitrogen and oxygen atoms in total. The van der Waals surface area contributed by atoms with Crippen LogP contribution in [0, 0.1) is 0 Å². The van der Waals surface area contributed by atoms with E-state index in [4.69, 9.17) is 17.3 Å². The molecule has 0 saturated carbocycles. The molecule has 2 aromatic carbocycles. The first kappa shape index (κ1) is 13.9. The van der Waals surface area contributed by atoms with Crippen molar-refractivity contribution in [3.63, 3.8) is 0 Å². The predicted molar refractivity (Wildman–Crippen MR) is 82.3 cm³/mol. The summed E-state index contributed by atoms with van der Waals surface area (Å²) in [4.78, 5) is 11.9. The number of carbonyl (C=O) groups excluding carboxylic acids is 1. The minimum Gasteiger partial charge on any atom is -0.397 e. The first-order valence-corrected chi connectivity index (χ1v) is 6.81. The standard InChI is InChI=1S/C14H12BrClN2O/c15-10-5-6-13(12(17)8-10)18-14(19)7-9-3-1-2-4-11(9)16/h1-6,8H,7,17H2,(H,18,19). The van der Waals surface area contributed by atoms with Gasteiger partial charge in [-0.25, -0.2) is 0 Å². The van der Waals surface area contributed by atoms with Gasteiger partial charge in [0, 0.05) is 9.50 Å². The van der Waals surface area contributed by atoms with Gasteiger partial charge in [0.2, 0.25) is 5.91 Å². The van der Waals surface area contributed by atoms with E-state index in [1.54, 1.807) is 18.2 Å². The maximum atomic E-state index is 11.9. The van der Waals surface area contributed by atoms with Crippen LogP contribution in [0.15, 0.2) is 46.9 Å². The van der Waals surface area contributed by atoms with Gasteiger partial charge < -0.3 is 11.1 Å². The van der Waals surface area contributed by atoms with Crippen LogP contribution in [0.1, 0.15) is 5.56 Å². The van der Waals surface area contributed by atoms with Gasteiger partial charge in [0.25, 0.3) is 0 Å². The van der Waals surface area contributed by atoms with E-state index in [0.717, 1.165) is 10.0 Å². The fraction of sp³-hybridized carbons (Fsp3) is 0.0714. The predicted octanol–water partition coefficient (Wildman–Crippen LogP) is 3.87. The lowest BCUT2D eigenvalue weighted by molar-refractivity contribution is -0.115. The van der Waals surface area contributed by atoms with Crippen LogP contribution in [0.3, 0.4) is 0 Å². The minimum absolute atomic E-state index is 0.151. The molecule has 0 bridgehead atoms. The van der Waals surface area contributed by atoms with Crippen LogP contribution >= 0.6 is 27.5 Å². The minimum atomic E-state index is -0.151. The number of benzene rings is 2. The van der Waals surface area contributed by atoms with E-state index >= 15 is 0 Å². The number of nitrogens with one attached hydrogen (secondary N) is 1. The third kappa shape index (κ3) is 3.72. The first-order chi connectivity index (χ1) is 9.06. The number of hydrogen-bond acceptors (Lipinski definition) is 2. The van der Waals surface area contributed by atoms with Gasteiger partial charge in [0.15, 0.2) is 0 Å². The highest BCUT2D eigenvalue weighted by atomic mass is 79.9. The lowest BCUT2D eigenvalue weighted by Gasteiger charge is -2.09. The summed E-state index contributed by atoms with van der Waals surface area (Å²) in [5.41, 5.74) is 7.72. The summed E-state index contributed by atoms with van der Waals surface area (Å²) in [6, 6.07) is 12.6. The van der Waals surface area contributed by atoms with Crippen LogP contribution in [-0.4, -0.2) is 5.91 Å². The normalized spacial score (nSPS) is 10.2. The molecular weight excluding hydrogens is 328 g/mol. The number of amides is 1. The summed E-state index contributed by atoms with van der Waals surface area (Å²) in [6.07, 6.45) is 0.217. The Hall–Kier alpha value is -1.52. The second-order valence-corrected chi connectivity index (χ2v) is 5.37. The Kier molecular flexibility index (Phi) is 4.45. The maximum Gasteiger partial charge on any atom is 0.228 e. The molecule has 0 aliphatic carbocycles. The maximum absolute atomic E-state index is 11.9. The van der Waals surface area contributed by atoms with Crippen molar-refractivity contribution in [2.45, 2.75) is 6.42 Å². The van der Waals surface area contributed by atoms with Gasteiger partial charge in [-0.15, -0.1) is 0 Å². The van der Waals surface area contributed by atoms with Gasteiger partial charge in [0.05, 0.1) is 17.8 Å². The number of anilines is 2. The SMILES string of the molecule is Nc1cc(Br)ccc1NC(=O)Cc1ccccc1Cl. The lowest BCUT2D eigenvalue weighted by Crippen LogP contribution is -2.15. The number of halogens is 2. The number of nitrogens with two attached hydrogens (primary N) is 1. The number of nitrogen functional groups attached to an aromatic ring is 1. The molecule has 0 heterocycles. The molecule has 5 heteroatoms. The van der Waals surface area contributed by atoms with Crippen LogP contribution in [0.5, 0.6) is 0 Å². The van der Waals surface area contributed by atoms with Gasteiger partial charge in [-0.05, 0) is 29.8 Å². The highest BCUT2D eigenvalue weighted by Gasteiger charge is 2.08. The number of rotatable bonds is 3. The van der Waals surface area contributed by atoms with Crippen LogP contribution in [-0.2, 0) is 11.2 Å². The monoisotopic (exact) mass is 338 g/mol. The zero-order chi connectivity index (χ0) is 13.8. The van der Waals surface area contributed by atoms with Crippen molar-refractivity contribution >= 4 is 44.8 Å². The second kappa shape index (κ2) is 6.08. The Labute approximate surface area is 124 Å². The van der Waals surface area contributed by atoms with Crippen molar-refractivity contribution in [3.8, 4) is 0 Å². The van der Waals surface area contributed by atoms with E-state index in [1.807, 2.05) is 24.3 Å². The van der Waals surface area contributed by atoms with Gasteiger partial charge in [-0.3, -0.25) is 4.79 Å². The highest BCUT2D eigenvalue weighted by molar-refractivity contribution is 9.10. The Balaban J connectivity index is 2.08. The first-order valence-electron chi connectivity index (χ1n) is 5.64. The Morgan fingerprint density at radius 2 is 2.00 bits per heavy atom. The van der Waals surface area contributed by atoms with E-state index in [9.17, 15) is 4.79 Å². The van der Waals surface area contributed by atoms with Gasteiger partial charge in [-0.2, -0.15) is 0 Å². The lowest BCUT2D eigenvalue weighted by atomic mass is 10.1. The van der Waals surface area contributed by atoms with E-state index in [2.05, 4.69) is 21.2 Å². The van der Waals surface area contributed by atoms with Crippen molar-refractivity contribution in [3.05, 3.63) is 57.5 Å². The van der Waals surface area contributed by atoms with Crippen molar-refractivity contribution in [2.24, 2.45) is 0 Å². The smallest absolute Gasteiger partial charge is 0.228 e. The third-order valence-electron chi connectivity index (χ3n) is 2.60. The Bertz CT molecular complexity index is 616. The third-order valence-corrected chi connectivity index (χ3v) is 3.46. The van der Waals surface area contributed by atoms with Crippen molar-refractivity contribution in [2.75, 3.05) is 11.1 Å². The molecule has 0 atom stereocenters. The molecule has 2 rings (SSSR count). The van der Waals surface area contributed by atoms with Crippen LogP contribution in [0.4, 0.5) is 11.4 Å². The molecule has 0 aliphatic rings. The topological polar surface area (TPSA) is 55.1 Å². The fourth-order valence-corrected chi connectivity index (χ4v) is 2.24. The quantitative estimate of drug-likeness (QED) is 0.834. The second-order valence-electron chi connectivity index (χ2n) is 4.05. The van der Waals surface area contributed by atoms with E-state index in [0.29, 0.717) is 16.4 Å². The summed E-state index contributed by atoms with van der Waals surface area (Å²) in [5, 5.41) is 3.35. The molecule has 19 heavy (non-hydrogen) atoms. The molecular formula is C14H12BrClN2O. The largest absolute Gasteiger partial charge is 0.397 e. The van der Waals surface area contributed by atoms with Crippen molar-refractivity contribution in [1.29, 1.82) is 0 Å². The van der Waals surface area contributed by atoms with Gasteiger partial charge in [-0.1, -0.05) is 45.7 Å². The molecule has 2 aromatic rings. The summed E-state index contributed by atoms with van der Waals surface area (Å²) >= 11 is 9.33. The summed E-state index contributed by atoms with van der Waals surface area (Å²) < 4.78 is 0.870. The Morgan fingerprint density at radius 3 is 2.68 bits per heavy atom. The average Bonchev–Trinajstić information content (AvgIpc) is 2.36. The zero-order valence-corrected chi connectivity index (χ0v) is 12.3. The molecule has 1 amide bonds. The van der Waals surface area contributed by atoms with E-state index < -0.39 is 0 Å². The molecule has 0 unspecified atom stereocenters. The van der Waals surface area contributed by atoms with E-state index in [-0.39, 0.29) is 12.3 Å². The fourth-order valence-electron chi connectivity index (χ4n) is 1.66. The number of hydrogen-bond donors (Lipinski definition) is 2. The van der Waals surface area contributed by atoms with Crippen molar-refractivity contribution in [1.82, 2.24) is 0 Å². The molecule has 0 aromatic heterocycles. The van der Waals surface area contributed by atoms with Crippen molar-refractivity contribution < 1.29 is 4.79 Å². The highest BCUT2D eigenvalue weighted by Crippen LogP contribution is 2.23. The molecule has 0 fully saturated rings. The molecule has 3 N–H and O–H groups in total. The van der Waals surface area contributed by atoms with Gasteiger partial charge in [0.1, 0.15) is 0 Å². The summed E-state index contributed by atoms with van der Waals surface area (Å²) in [7, 11) is 0. The van der Waals surface area contributed by atoms with Gasteiger partial charge >= 0.3 is 0 Å².